The van der Waals surface area contributed by atoms with Gasteiger partial charge in [0.2, 0.25) is 0 Å². The molecule has 4 nitrogen and oxygen atoms in total. The van der Waals surface area contributed by atoms with E-state index in [1.807, 2.05) is 29.2 Å². The highest BCUT2D eigenvalue weighted by Crippen LogP contribution is 2.32. The minimum atomic E-state index is -0.0254. The number of anilines is 1. The molecule has 2 atom stereocenters. The van der Waals surface area contributed by atoms with E-state index in [1.54, 1.807) is 6.07 Å². The normalized spacial score (nSPS) is 21.4. The van der Waals surface area contributed by atoms with Crippen LogP contribution in [0, 0.1) is 0 Å². The van der Waals surface area contributed by atoms with Crippen LogP contribution < -0.4 is 5.73 Å². The zero-order chi connectivity index (χ0) is 16.6. The van der Waals surface area contributed by atoms with Crippen molar-refractivity contribution >= 4 is 27.5 Å². The van der Waals surface area contributed by atoms with Gasteiger partial charge < -0.3 is 15.1 Å². The maximum Gasteiger partial charge on any atom is 0.290 e. The van der Waals surface area contributed by atoms with Crippen molar-refractivity contribution in [2.24, 2.45) is 0 Å². The van der Waals surface area contributed by atoms with E-state index < -0.39 is 0 Å². The minimum absolute atomic E-state index is 0.0254. The van der Waals surface area contributed by atoms with E-state index in [9.17, 15) is 4.79 Å². The van der Waals surface area contributed by atoms with E-state index in [4.69, 9.17) is 10.2 Å². The summed E-state index contributed by atoms with van der Waals surface area (Å²) >= 11 is 3.49. The highest BCUT2D eigenvalue weighted by atomic mass is 79.9. The predicted octanol–water partition coefficient (Wildman–Crippen LogP) is 4.69. The monoisotopic (exact) mass is 376 g/mol. The topological polar surface area (TPSA) is 59.5 Å². The second kappa shape index (κ2) is 6.40. The minimum Gasteiger partial charge on any atom is -0.451 e. The van der Waals surface area contributed by atoms with Crippen LogP contribution in [0.4, 0.5) is 5.69 Å². The highest BCUT2D eigenvalue weighted by Gasteiger charge is 2.31. The molecule has 0 aliphatic carbocycles. The number of hydrogen-bond donors (Lipinski definition) is 1. The highest BCUT2D eigenvalue weighted by molar-refractivity contribution is 9.10. The first-order valence-electron chi connectivity index (χ1n) is 7.95. The number of nitrogen functional groups attached to an aromatic ring is 1. The van der Waals surface area contributed by atoms with Crippen LogP contribution in [0.3, 0.4) is 0 Å². The smallest absolute Gasteiger partial charge is 0.290 e. The molecule has 0 spiro atoms. The first-order valence-corrected chi connectivity index (χ1v) is 8.74. The van der Waals surface area contributed by atoms with Gasteiger partial charge in [0.25, 0.3) is 5.91 Å². The average molecular weight is 377 g/mol. The fraction of sp³-hybridized carbons (Fsp3) is 0.389. The molecular weight excluding hydrogens is 356 g/mol. The van der Waals surface area contributed by atoms with Gasteiger partial charge in [0.05, 0.1) is 0 Å². The van der Waals surface area contributed by atoms with Crippen LogP contribution in [-0.2, 0) is 0 Å². The molecule has 2 aromatic rings. The van der Waals surface area contributed by atoms with Crippen LogP contribution in [-0.4, -0.2) is 22.9 Å². The van der Waals surface area contributed by atoms with Crippen molar-refractivity contribution in [1.82, 2.24) is 4.90 Å². The number of rotatable bonds is 2. The molecule has 2 N–H and O–H groups in total. The molecule has 1 aromatic carbocycles. The quantitative estimate of drug-likeness (QED) is 0.772. The molecule has 0 radical (unpaired) electrons. The molecule has 2 heterocycles. The van der Waals surface area contributed by atoms with Crippen molar-refractivity contribution in [2.45, 2.75) is 45.2 Å². The summed E-state index contributed by atoms with van der Waals surface area (Å²) < 4.78 is 6.69. The van der Waals surface area contributed by atoms with Crippen LogP contribution in [0.5, 0.6) is 0 Å². The summed E-state index contributed by atoms with van der Waals surface area (Å²) in [5.74, 6) is 1.03. The molecule has 5 heteroatoms. The van der Waals surface area contributed by atoms with Crippen LogP contribution in [0.2, 0.25) is 0 Å². The average Bonchev–Trinajstić information content (AvgIpc) is 2.96. The Labute approximate surface area is 144 Å². The summed E-state index contributed by atoms with van der Waals surface area (Å²) in [4.78, 5) is 14.8. The van der Waals surface area contributed by atoms with E-state index in [0.717, 1.165) is 22.9 Å². The fourth-order valence-electron chi connectivity index (χ4n) is 3.28. The molecule has 1 aliphatic heterocycles. The Morgan fingerprint density at radius 2 is 1.91 bits per heavy atom. The number of carbonyl (C=O) groups is 1. The lowest BCUT2D eigenvalue weighted by molar-refractivity contribution is 0.0479. The molecule has 0 unspecified atom stereocenters. The predicted molar refractivity (Wildman–Crippen MR) is 95.2 cm³/mol. The standard InChI is InChI=1S/C18H21BrN2O2/c1-11-4-3-5-12(2)21(11)18(22)17-9-8-16(23-17)14-7-6-13(20)10-15(14)19/h6-12H,3-5,20H2,1-2H3/t11-,12+. The largest absolute Gasteiger partial charge is 0.451 e. The van der Waals surface area contributed by atoms with E-state index >= 15 is 0 Å². The number of nitrogens with zero attached hydrogens (tertiary/aromatic N) is 1. The summed E-state index contributed by atoms with van der Waals surface area (Å²) in [7, 11) is 0. The lowest BCUT2D eigenvalue weighted by atomic mass is 9.97. The lowest BCUT2D eigenvalue weighted by Crippen LogP contribution is -2.47. The third-order valence-corrected chi connectivity index (χ3v) is 5.16. The summed E-state index contributed by atoms with van der Waals surface area (Å²) in [6, 6.07) is 9.63. The Morgan fingerprint density at radius 3 is 2.57 bits per heavy atom. The summed E-state index contributed by atoms with van der Waals surface area (Å²) in [5, 5.41) is 0. The first-order chi connectivity index (χ1) is 11.0. The number of furan rings is 1. The van der Waals surface area contributed by atoms with Crippen LogP contribution in [0.15, 0.2) is 39.2 Å². The maximum atomic E-state index is 12.8. The van der Waals surface area contributed by atoms with E-state index in [1.165, 1.54) is 6.42 Å². The Bertz CT molecular complexity index is 716. The van der Waals surface area contributed by atoms with Gasteiger partial charge in [0.1, 0.15) is 5.76 Å². The number of likely N-dealkylation sites (tertiary alicyclic amines) is 1. The van der Waals surface area contributed by atoms with Gasteiger partial charge in [-0.2, -0.15) is 0 Å². The number of halogens is 1. The van der Waals surface area contributed by atoms with Crippen LogP contribution >= 0.6 is 15.9 Å². The molecule has 1 fully saturated rings. The maximum absolute atomic E-state index is 12.8. The molecular formula is C18H21BrN2O2. The van der Waals surface area contributed by atoms with Crippen molar-refractivity contribution in [3.8, 4) is 11.3 Å². The zero-order valence-corrected chi connectivity index (χ0v) is 15.0. The summed E-state index contributed by atoms with van der Waals surface area (Å²) in [5.41, 5.74) is 7.33. The summed E-state index contributed by atoms with van der Waals surface area (Å²) in [6.45, 7) is 4.21. The van der Waals surface area contributed by atoms with Crippen molar-refractivity contribution < 1.29 is 9.21 Å². The molecule has 23 heavy (non-hydrogen) atoms. The Morgan fingerprint density at radius 1 is 1.22 bits per heavy atom. The molecule has 0 saturated carbocycles. The second-order valence-electron chi connectivity index (χ2n) is 6.24. The van der Waals surface area contributed by atoms with E-state index in [2.05, 4.69) is 29.8 Å². The van der Waals surface area contributed by atoms with Crippen molar-refractivity contribution in [1.29, 1.82) is 0 Å². The van der Waals surface area contributed by atoms with Gasteiger partial charge in [-0.15, -0.1) is 0 Å². The van der Waals surface area contributed by atoms with Crippen molar-refractivity contribution in [2.75, 3.05) is 5.73 Å². The number of carbonyl (C=O) groups excluding carboxylic acids is 1. The Kier molecular flexibility index (Phi) is 4.48. The molecule has 1 amide bonds. The fourth-order valence-corrected chi connectivity index (χ4v) is 3.87. The first kappa shape index (κ1) is 16.1. The number of amides is 1. The number of piperidine rings is 1. The van der Waals surface area contributed by atoms with Gasteiger partial charge in [-0.3, -0.25) is 4.79 Å². The Balaban J connectivity index is 1.88. The van der Waals surface area contributed by atoms with E-state index in [-0.39, 0.29) is 18.0 Å². The third kappa shape index (κ3) is 3.15. The van der Waals surface area contributed by atoms with Gasteiger partial charge in [0.15, 0.2) is 5.76 Å². The van der Waals surface area contributed by atoms with Crippen LogP contribution in [0.25, 0.3) is 11.3 Å². The number of hydrogen-bond acceptors (Lipinski definition) is 3. The second-order valence-corrected chi connectivity index (χ2v) is 7.10. The molecule has 1 saturated heterocycles. The Hall–Kier alpha value is -1.75. The van der Waals surface area contributed by atoms with Crippen molar-refractivity contribution in [3.05, 3.63) is 40.6 Å². The van der Waals surface area contributed by atoms with Gasteiger partial charge >= 0.3 is 0 Å². The molecule has 3 rings (SSSR count). The van der Waals surface area contributed by atoms with Gasteiger partial charge in [-0.05, 0) is 79.4 Å². The van der Waals surface area contributed by atoms with Gasteiger partial charge in [0, 0.05) is 27.8 Å². The number of benzene rings is 1. The molecule has 122 valence electrons. The van der Waals surface area contributed by atoms with Gasteiger partial charge in [-0.25, -0.2) is 0 Å². The molecule has 1 aliphatic rings. The van der Waals surface area contributed by atoms with Crippen molar-refractivity contribution in [3.63, 3.8) is 0 Å². The molecule has 1 aromatic heterocycles. The van der Waals surface area contributed by atoms with E-state index in [0.29, 0.717) is 17.2 Å². The third-order valence-electron chi connectivity index (χ3n) is 4.50. The zero-order valence-electron chi connectivity index (χ0n) is 13.4. The summed E-state index contributed by atoms with van der Waals surface area (Å²) in [6.07, 6.45) is 3.27. The van der Waals surface area contributed by atoms with Crippen LogP contribution in [0.1, 0.15) is 43.7 Å². The number of nitrogens with two attached hydrogens (primary N) is 1. The molecule has 0 bridgehead atoms. The lowest BCUT2D eigenvalue weighted by Gasteiger charge is -2.38. The van der Waals surface area contributed by atoms with Gasteiger partial charge in [-0.1, -0.05) is 0 Å². The SMILES string of the molecule is C[C@@H]1CCC[C@H](C)N1C(=O)c1ccc(-c2ccc(N)cc2Br)o1.